The van der Waals surface area contributed by atoms with Crippen molar-refractivity contribution in [2.45, 2.75) is 32.1 Å². The zero-order valence-electron chi connectivity index (χ0n) is 11.1. The molecule has 18 heavy (non-hydrogen) atoms. The van der Waals surface area contributed by atoms with E-state index in [0.29, 0.717) is 5.25 Å². The van der Waals surface area contributed by atoms with Crippen molar-refractivity contribution in [3.8, 4) is 0 Å². The maximum atomic E-state index is 5.85. The summed E-state index contributed by atoms with van der Waals surface area (Å²) in [6, 6.07) is 8.34. The molecule has 0 amide bonds. The molecule has 2 aromatic rings. The highest BCUT2D eigenvalue weighted by atomic mass is 32.2. The SMILES string of the molecule is Cc1ccc2oc(C(CSC(C)C)NN)cc2c1. The Labute approximate surface area is 112 Å². The average molecular weight is 264 g/mol. The zero-order chi connectivity index (χ0) is 13.1. The molecule has 4 heteroatoms. The molecule has 1 atom stereocenters. The van der Waals surface area contributed by atoms with Gasteiger partial charge in [-0.1, -0.05) is 25.5 Å². The minimum Gasteiger partial charge on any atom is -0.459 e. The first-order valence-electron chi connectivity index (χ1n) is 6.18. The standard InChI is InChI=1S/C14H20N2OS/c1-9(2)18-8-12(16-15)14-7-11-6-10(3)4-5-13(11)17-14/h4-7,9,12,16H,8,15H2,1-3H3. The molecular formula is C14H20N2OS. The van der Waals surface area contributed by atoms with Crippen molar-refractivity contribution in [3.63, 3.8) is 0 Å². The molecule has 0 saturated heterocycles. The number of furan rings is 1. The van der Waals surface area contributed by atoms with Crippen molar-refractivity contribution in [1.82, 2.24) is 5.43 Å². The number of fused-ring (bicyclic) bond motifs is 1. The van der Waals surface area contributed by atoms with Gasteiger partial charge in [-0.2, -0.15) is 11.8 Å². The summed E-state index contributed by atoms with van der Waals surface area (Å²) in [4.78, 5) is 0. The number of aryl methyl sites for hydroxylation is 1. The summed E-state index contributed by atoms with van der Waals surface area (Å²) in [5.41, 5.74) is 5.00. The van der Waals surface area contributed by atoms with Crippen LogP contribution >= 0.6 is 11.8 Å². The monoisotopic (exact) mass is 264 g/mol. The Balaban J connectivity index is 2.22. The predicted molar refractivity (Wildman–Crippen MR) is 78.6 cm³/mol. The van der Waals surface area contributed by atoms with Gasteiger partial charge in [0.15, 0.2) is 0 Å². The van der Waals surface area contributed by atoms with E-state index in [-0.39, 0.29) is 6.04 Å². The van der Waals surface area contributed by atoms with Gasteiger partial charge in [-0.25, -0.2) is 5.43 Å². The molecule has 0 spiro atoms. The third-order valence-electron chi connectivity index (χ3n) is 2.83. The summed E-state index contributed by atoms with van der Waals surface area (Å²) in [6.07, 6.45) is 0. The van der Waals surface area contributed by atoms with Gasteiger partial charge < -0.3 is 4.42 Å². The van der Waals surface area contributed by atoms with Crippen LogP contribution in [-0.4, -0.2) is 11.0 Å². The number of hydrogen-bond donors (Lipinski definition) is 2. The molecule has 1 unspecified atom stereocenters. The molecule has 98 valence electrons. The maximum absolute atomic E-state index is 5.85. The number of hydrazine groups is 1. The second-order valence-corrected chi connectivity index (χ2v) is 6.40. The van der Waals surface area contributed by atoms with E-state index in [9.17, 15) is 0 Å². The fourth-order valence-electron chi connectivity index (χ4n) is 1.86. The highest BCUT2D eigenvalue weighted by molar-refractivity contribution is 7.99. The molecule has 0 fully saturated rings. The van der Waals surface area contributed by atoms with Gasteiger partial charge in [0.1, 0.15) is 11.3 Å². The van der Waals surface area contributed by atoms with Gasteiger partial charge in [0, 0.05) is 11.1 Å². The van der Waals surface area contributed by atoms with Crippen LogP contribution in [0.4, 0.5) is 0 Å². The Kier molecular flexibility index (Phi) is 4.32. The second kappa shape index (κ2) is 5.78. The van der Waals surface area contributed by atoms with Crippen LogP contribution < -0.4 is 11.3 Å². The number of nitrogens with two attached hydrogens (primary N) is 1. The highest BCUT2D eigenvalue weighted by Crippen LogP contribution is 2.27. The number of rotatable bonds is 5. The lowest BCUT2D eigenvalue weighted by Gasteiger charge is -2.14. The van der Waals surface area contributed by atoms with Gasteiger partial charge in [0.2, 0.25) is 0 Å². The van der Waals surface area contributed by atoms with E-state index in [2.05, 4.69) is 44.4 Å². The van der Waals surface area contributed by atoms with Gasteiger partial charge in [-0.15, -0.1) is 0 Å². The van der Waals surface area contributed by atoms with E-state index in [0.717, 1.165) is 22.5 Å². The van der Waals surface area contributed by atoms with Gasteiger partial charge in [0.25, 0.3) is 0 Å². The van der Waals surface area contributed by atoms with Crippen LogP contribution in [0.15, 0.2) is 28.7 Å². The molecule has 1 aromatic heterocycles. The van der Waals surface area contributed by atoms with E-state index >= 15 is 0 Å². The first-order chi connectivity index (χ1) is 8.60. The molecule has 0 saturated carbocycles. The third kappa shape index (κ3) is 3.07. The Hall–Kier alpha value is -0.970. The molecular weight excluding hydrogens is 244 g/mol. The van der Waals surface area contributed by atoms with Crippen LogP contribution in [0.2, 0.25) is 0 Å². The molecule has 0 aliphatic heterocycles. The van der Waals surface area contributed by atoms with Crippen LogP contribution in [0.25, 0.3) is 11.0 Å². The molecule has 0 aliphatic rings. The molecule has 0 aliphatic carbocycles. The van der Waals surface area contributed by atoms with Crippen molar-refractivity contribution >= 4 is 22.7 Å². The van der Waals surface area contributed by atoms with Crippen LogP contribution in [-0.2, 0) is 0 Å². The Morgan fingerprint density at radius 1 is 1.33 bits per heavy atom. The molecule has 3 N–H and O–H groups in total. The summed E-state index contributed by atoms with van der Waals surface area (Å²) in [5, 5.41) is 1.73. The van der Waals surface area contributed by atoms with Gasteiger partial charge in [0.05, 0.1) is 6.04 Å². The van der Waals surface area contributed by atoms with Crippen LogP contribution in [0.5, 0.6) is 0 Å². The van der Waals surface area contributed by atoms with Crippen LogP contribution in [0.3, 0.4) is 0 Å². The first kappa shape index (κ1) is 13.5. The van der Waals surface area contributed by atoms with E-state index in [4.69, 9.17) is 10.3 Å². The fourth-order valence-corrected chi connectivity index (χ4v) is 2.69. The Bertz CT molecular complexity index is 521. The minimum absolute atomic E-state index is 0.0603. The van der Waals surface area contributed by atoms with Crippen molar-refractivity contribution < 1.29 is 4.42 Å². The van der Waals surface area contributed by atoms with E-state index in [1.165, 1.54) is 5.56 Å². The van der Waals surface area contributed by atoms with Crippen molar-refractivity contribution in [2.24, 2.45) is 5.84 Å². The smallest absolute Gasteiger partial charge is 0.134 e. The van der Waals surface area contributed by atoms with E-state index < -0.39 is 0 Å². The number of benzene rings is 1. The van der Waals surface area contributed by atoms with E-state index in [1.807, 2.05) is 17.8 Å². The van der Waals surface area contributed by atoms with E-state index in [1.54, 1.807) is 0 Å². The molecule has 3 nitrogen and oxygen atoms in total. The molecule has 0 radical (unpaired) electrons. The number of nitrogens with one attached hydrogen (secondary N) is 1. The lowest BCUT2D eigenvalue weighted by atomic mass is 10.1. The summed E-state index contributed by atoms with van der Waals surface area (Å²) < 4.78 is 5.85. The van der Waals surface area contributed by atoms with Crippen LogP contribution in [0.1, 0.15) is 31.2 Å². The molecule has 0 bridgehead atoms. The summed E-state index contributed by atoms with van der Waals surface area (Å²) in [7, 11) is 0. The largest absolute Gasteiger partial charge is 0.459 e. The molecule has 2 rings (SSSR count). The Morgan fingerprint density at radius 3 is 2.78 bits per heavy atom. The summed E-state index contributed by atoms with van der Waals surface area (Å²) in [5.74, 6) is 7.44. The maximum Gasteiger partial charge on any atom is 0.134 e. The van der Waals surface area contributed by atoms with Gasteiger partial charge in [-0.3, -0.25) is 5.84 Å². The molecule has 1 aromatic carbocycles. The zero-order valence-corrected chi connectivity index (χ0v) is 11.9. The number of thioether (sulfide) groups is 1. The van der Waals surface area contributed by atoms with Crippen molar-refractivity contribution in [3.05, 3.63) is 35.6 Å². The van der Waals surface area contributed by atoms with Crippen LogP contribution in [0, 0.1) is 6.92 Å². The highest BCUT2D eigenvalue weighted by Gasteiger charge is 2.15. The van der Waals surface area contributed by atoms with Crippen molar-refractivity contribution in [2.75, 3.05) is 5.75 Å². The third-order valence-corrected chi connectivity index (χ3v) is 4.02. The predicted octanol–water partition coefficient (Wildman–Crippen LogP) is 3.39. The number of hydrogen-bond acceptors (Lipinski definition) is 4. The Morgan fingerprint density at radius 2 is 2.11 bits per heavy atom. The van der Waals surface area contributed by atoms with Gasteiger partial charge >= 0.3 is 0 Å². The van der Waals surface area contributed by atoms with Gasteiger partial charge in [-0.05, 0) is 30.4 Å². The lowest BCUT2D eigenvalue weighted by molar-refractivity contribution is 0.463. The topological polar surface area (TPSA) is 51.2 Å². The fraction of sp³-hybridized carbons (Fsp3) is 0.429. The lowest BCUT2D eigenvalue weighted by Crippen LogP contribution is -2.29. The molecule has 1 heterocycles. The first-order valence-corrected chi connectivity index (χ1v) is 7.23. The second-order valence-electron chi connectivity index (χ2n) is 4.79. The quantitative estimate of drug-likeness (QED) is 0.642. The van der Waals surface area contributed by atoms with Crippen molar-refractivity contribution in [1.29, 1.82) is 0 Å². The summed E-state index contributed by atoms with van der Waals surface area (Å²) in [6.45, 7) is 6.44. The summed E-state index contributed by atoms with van der Waals surface area (Å²) >= 11 is 1.87. The minimum atomic E-state index is 0.0603. The normalized spacial score (nSPS) is 13.4. The average Bonchev–Trinajstić information content (AvgIpc) is 2.72.